The molecule has 0 unspecified atom stereocenters. The molecule has 1 aliphatic heterocycles. The normalized spacial score (nSPS) is 18.3. The van der Waals surface area contributed by atoms with Crippen molar-refractivity contribution in [1.29, 1.82) is 0 Å². The Hall–Kier alpha value is -0.780. The Morgan fingerprint density at radius 2 is 2.26 bits per heavy atom. The van der Waals surface area contributed by atoms with Gasteiger partial charge in [0, 0.05) is 11.8 Å². The number of amides is 1. The molecule has 0 spiro atoms. The van der Waals surface area contributed by atoms with Crippen LogP contribution in [0.25, 0.3) is 0 Å². The summed E-state index contributed by atoms with van der Waals surface area (Å²) < 4.78 is 6.07. The fourth-order valence-corrected chi connectivity index (χ4v) is 2.45. The lowest BCUT2D eigenvalue weighted by Gasteiger charge is -2.22. The summed E-state index contributed by atoms with van der Waals surface area (Å²) in [4.78, 5) is 12.0. The van der Waals surface area contributed by atoms with Crippen molar-refractivity contribution in [3.05, 3.63) is 22.7 Å². The van der Waals surface area contributed by atoms with Crippen molar-refractivity contribution in [2.24, 2.45) is 0 Å². The van der Waals surface area contributed by atoms with Crippen LogP contribution >= 0.6 is 28.3 Å². The van der Waals surface area contributed by atoms with E-state index in [1.807, 2.05) is 18.2 Å². The van der Waals surface area contributed by atoms with Crippen molar-refractivity contribution in [3.8, 4) is 5.75 Å². The van der Waals surface area contributed by atoms with Gasteiger partial charge in [-0.05, 0) is 47.4 Å². The van der Waals surface area contributed by atoms with Gasteiger partial charge in [-0.1, -0.05) is 6.42 Å². The number of hydrogen-bond acceptors (Lipinski definition) is 3. The fraction of sp³-hybridized carbons (Fsp3) is 0.462. The summed E-state index contributed by atoms with van der Waals surface area (Å²) in [5.74, 6) is 0.739. The number of halogens is 2. The van der Waals surface area contributed by atoms with Gasteiger partial charge in [-0.2, -0.15) is 0 Å². The molecule has 0 saturated carbocycles. The summed E-state index contributed by atoms with van der Waals surface area (Å²) in [6.45, 7) is 0.918. The van der Waals surface area contributed by atoms with Crippen molar-refractivity contribution in [2.75, 3.05) is 19.0 Å². The minimum absolute atomic E-state index is 0. The first-order chi connectivity index (χ1) is 8.70. The van der Waals surface area contributed by atoms with Crippen LogP contribution in [0.4, 0.5) is 5.69 Å². The van der Waals surface area contributed by atoms with Crippen LogP contribution in [0.15, 0.2) is 22.7 Å². The molecule has 1 saturated heterocycles. The summed E-state index contributed by atoms with van der Waals surface area (Å²) in [7, 11) is 1.61. The molecule has 1 heterocycles. The monoisotopic (exact) mass is 348 g/mol. The van der Waals surface area contributed by atoms with E-state index in [-0.39, 0.29) is 24.4 Å². The molecular formula is C13H18BrClN2O2. The molecule has 1 atom stereocenters. The van der Waals surface area contributed by atoms with Crippen LogP contribution in [0.5, 0.6) is 5.75 Å². The van der Waals surface area contributed by atoms with Gasteiger partial charge in [0.15, 0.2) is 0 Å². The second-order valence-corrected chi connectivity index (χ2v) is 5.20. The van der Waals surface area contributed by atoms with Crippen LogP contribution in [-0.4, -0.2) is 25.6 Å². The lowest BCUT2D eigenvalue weighted by atomic mass is 10.0. The van der Waals surface area contributed by atoms with Crippen molar-refractivity contribution in [1.82, 2.24) is 5.32 Å². The standard InChI is InChI=1S/C13H17BrN2O2.ClH/c1-18-12-8-9(5-6-10(12)14)16-13(17)11-4-2-3-7-15-11;/h5-6,8,11,15H,2-4,7H2,1H3,(H,16,17);1H/t11-;/m1./s1. The molecule has 1 aromatic carbocycles. The summed E-state index contributed by atoms with van der Waals surface area (Å²) >= 11 is 3.38. The molecule has 106 valence electrons. The van der Waals surface area contributed by atoms with Gasteiger partial charge in [0.05, 0.1) is 17.6 Å². The highest BCUT2D eigenvalue weighted by atomic mass is 79.9. The second kappa shape index (κ2) is 7.72. The third-order valence-corrected chi connectivity index (χ3v) is 3.70. The molecule has 1 aromatic rings. The number of carbonyl (C=O) groups excluding carboxylic acids is 1. The number of anilines is 1. The van der Waals surface area contributed by atoms with E-state index in [1.54, 1.807) is 7.11 Å². The summed E-state index contributed by atoms with van der Waals surface area (Å²) in [5.41, 5.74) is 0.757. The molecule has 0 bridgehead atoms. The topological polar surface area (TPSA) is 50.4 Å². The number of hydrogen-bond donors (Lipinski definition) is 2. The number of methoxy groups -OCH3 is 1. The predicted molar refractivity (Wildman–Crippen MR) is 82.2 cm³/mol. The Balaban J connectivity index is 0.00000180. The molecule has 0 aromatic heterocycles. The van der Waals surface area contributed by atoms with Gasteiger partial charge in [0.25, 0.3) is 0 Å². The van der Waals surface area contributed by atoms with Gasteiger partial charge in [0.2, 0.25) is 5.91 Å². The molecule has 19 heavy (non-hydrogen) atoms. The van der Waals surface area contributed by atoms with Crippen molar-refractivity contribution < 1.29 is 9.53 Å². The summed E-state index contributed by atoms with van der Waals surface area (Å²) in [6.07, 6.45) is 3.16. The number of nitrogens with one attached hydrogen (secondary N) is 2. The first-order valence-electron chi connectivity index (χ1n) is 6.08. The lowest BCUT2D eigenvalue weighted by Crippen LogP contribution is -2.43. The molecule has 2 N–H and O–H groups in total. The van der Waals surface area contributed by atoms with Gasteiger partial charge in [-0.15, -0.1) is 12.4 Å². The largest absolute Gasteiger partial charge is 0.495 e. The van der Waals surface area contributed by atoms with Gasteiger partial charge in [-0.3, -0.25) is 4.79 Å². The van der Waals surface area contributed by atoms with Gasteiger partial charge < -0.3 is 15.4 Å². The highest BCUT2D eigenvalue weighted by molar-refractivity contribution is 9.10. The van der Waals surface area contributed by atoms with E-state index >= 15 is 0 Å². The third-order valence-electron chi connectivity index (χ3n) is 3.05. The quantitative estimate of drug-likeness (QED) is 0.882. The number of carbonyl (C=O) groups is 1. The zero-order chi connectivity index (χ0) is 13.0. The van der Waals surface area contributed by atoms with Gasteiger partial charge >= 0.3 is 0 Å². The molecule has 1 aliphatic rings. The Labute approximate surface area is 127 Å². The van der Waals surface area contributed by atoms with E-state index < -0.39 is 0 Å². The Morgan fingerprint density at radius 1 is 1.47 bits per heavy atom. The molecule has 1 amide bonds. The van der Waals surface area contributed by atoms with Crippen LogP contribution in [-0.2, 0) is 4.79 Å². The maximum absolute atomic E-state index is 12.0. The van der Waals surface area contributed by atoms with Crippen molar-refractivity contribution >= 4 is 39.9 Å². The maximum Gasteiger partial charge on any atom is 0.241 e. The predicted octanol–water partition coefficient (Wildman–Crippen LogP) is 2.96. The minimum atomic E-state index is -0.0756. The van der Waals surface area contributed by atoms with Crippen LogP contribution in [0, 0.1) is 0 Å². The first-order valence-corrected chi connectivity index (χ1v) is 6.88. The maximum atomic E-state index is 12.0. The number of benzene rings is 1. The average Bonchev–Trinajstić information content (AvgIpc) is 2.42. The fourth-order valence-electron chi connectivity index (χ4n) is 2.04. The van der Waals surface area contributed by atoms with Crippen LogP contribution < -0.4 is 15.4 Å². The number of ether oxygens (including phenoxy) is 1. The minimum Gasteiger partial charge on any atom is -0.495 e. The SMILES string of the molecule is COc1cc(NC(=O)[C@H]2CCCCN2)ccc1Br.Cl. The molecule has 0 radical (unpaired) electrons. The van der Waals surface area contributed by atoms with Crippen molar-refractivity contribution in [3.63, 3.8) is 0 Å². The zero-order valence-corrected chi connectivity index (χ0v) is 13.1. The molecule has 0 aliphatic carbocycles. The van der Waals surface area contributed by atoms with Crippen LogP contribution in [0.2, 0.25) is 0 Å². The number of rotatable bonds is 3. The Kier molecular flexibility index (Phi) is 6.62. The van der Waals surface area contributed by atoms with E-state index in [9.17, 15) is 4.79 Å². The third kappa shape index (κ3) is 4.37. The highest BCUT2D eigenvalue weighted by Crippen LogP contribution is 2.28. The highest BCUT2D eigenvalue weighted by Gasteiger charge is 2.20. The van der Waals surface area contributed by atoms with E-state index in [0.29, 0.717) is 5.75 Å². The molecule has 6 heteroatoms. The van der Waals surface area contributed by atoms with E-state index in [1.165, 1.54) is 0 Å². The second-order valence-electron chi connectivity index (χ2n) is 4.34. The van der Waals surface area contributed by atoms with Gasteiger partial charge in [-0.25, -0.2) is 0 Å². The smallest absolute Gasteiger partial charge is 0.241 e. The number of piperidine rings is 1. The van der Waals surface area contributed by atoms with Crippen molar-refractivity contribution in [2.45, 2.75) is 25.3 Å². The molecule has 2 rings (SSSR count). The Bertz CT molecular complexity index is 437. The molecule has 4 nitrogen and oxygen atoms in total. The zero-order valence-electron chi connectivity index (χ0n) is 10.7. The molecule has 1 fully saturated rings. The lowest BCUT2D eigenvalue weighted by molar-refractivity contribution is -0.118. The first kappa shape index (κ1) is 16.3. The van der Waals surface area contributed by atoms with E-state index in [0.717, 1.165) is 36.0 Å². The Morgan fingerprint density at radius 3 is 2.89 bits per heavy atom. The summed E-state index contributed by atoms with van der Waals surface area (Å²) in [5, 5.41) is 6.14. The molecular weight excluding hydrogens is 332 g/mol. The van der Waals surface area contributed by atoms with E-state index in [2.05, 4.69) is 26.6 Å². The summed E-state index contributed by atoms with van der Waals surface area (Å²) in [6, 6.07) is 5.45. The van der Waals surface area contributed by atoms with Crippen LogP contribution in [0.3, 0.4) is 0 Å². The van der Waals surface area contributed by atoms with Crippen LogP contribution in [0.1, 0.15) is 19.3 Å². The van der Waals surface area contributed by atoms with E-state index in [4.69, 9.17) is 4.74 Å². The average molecular weight is 350 g/mol. The van der Waals surface area contributed by atoms with Gasteiger partial charge in [0.1, 0.15) is 5.75 Å².